The van der Waals surface area contributed by atoms with Gasteiger partial charge in [-0.3, -0.25) is 0 Å². The van der Waals surface area contributed by atoms with Crippen LogP contribution in [0.15, 0.2) is 6.07 Å². The predicted molar refractivity (Wildman–Crippen MR) is 88.5 cm³/mol. The molecule has 0 saturated heterocycles. The van der Waals surface area contributed by atoms with Crippen molar-refractivity contribution < 1.29 is 5.11 Å². The van der Waals surface area contributed by atoms with Crippen LogP contribution in [0.1, 0.15) is 86.6 Å². The zero-order chi connectivity index (χ0) is 14.4. The second-order valence-electron chi connectivity index (χ2n) is 6.33. The highest BCUT2D eigenvalue weighted by atomic mass is 32.1. The summed E-state index contributed by atoms with van der Waals surface area (Å²) in [5.41, 5.74) is 1.53. The second-order valence-corrected chi connectivity index (χ2v) is 7.49. The van der Waals surface area contributed by atoms with Crippen LogP contribution < -0.4 is 0 Å². The maximum Gasteiger partial charge on any atom is 0.0884 e. The summed E-state index contributed by atoms with van der Waals surface area (Å²) in [4.78, 5) is 2.78. The summed E-state index contributed by atoms with van der Waals surface area (Å²) in [6, 6.07) is 2.31. The molecule has 0 aromatic carbocycles. The van der Waals surface area contributed by atoms with Gasteiger partial charge in [0, 0.05) is 9.75 Å². The minimum atomic E-state index is -0.228. The van der Waals surface area contributed by atoms with Gasteiger partial charge in [0.2, 0.25) is 0 Å². The van der Waals surface area contributed by atoms with E-state index in [-0.39, 0.29) is 6.10 Å². The molecule has 1 aromatic heterocycles. The molecule has 0 bridgehead atoms. The first-order valence-electron chi connectivity index (χ1n) is 8.54. The second kappa shape index (κ2) is 8.19. The lowest BCUT2D eigenvalue weighted by molar-refractivity contribution is 0.142. The molecule has 1 N–H and O–H groups in total. The molecular weight excluding hydrogens is 264 g/mol. The number of hydrogen-bond acceptors (Lipinski definition) is 2. The van der Waals surface area contributed by atoms with Crippen LogP contribution in [-0.4, -0.2) is 5.11 Å². The van der Waals surface area contributed by atoms with E-state index in [0.29, 0.717) is 5.92 Å². The molecule has 2 unspecified atom stereocenters. The highest BCUT2D eigenvalue weighted by Crippen LogP contribution is 2.35. The zero-order valence-electron chi connectivity index (χ0n) is 13.2. The minimum Gasteiger partial charge on any atom is -0.388 e. The number of aliphatic hydroxyl groups is 1. The van der Waals surface area contributed by atoms with Crippen molar-refractivity contribution in [3.63, 3.8) is 0 Å². The quantitative estimate of drug-likeness (QED) is 0.644. The minimum absolute atomic E-state index is 0.228. The molecule has 0 aliphatic heterocycles. The fourth-order valence-electron chi connectivity index (χ4n) is 3.27. The third kappa shape index (κ3) is 4.33. The highest BCUT2D eigenvalue weighted by Gasteiger charge is 2.19. The summed E-state index contributed by atoms with van der Waals surface area (Å²) < 4.78 is 0. The van der Waals surface area contributed by atoms with Gasteiger partial charge in [0.15, 0.2) is 0 Å². The van der Waals surface area contributed by atoms with Crippen LogP contribution in [0.4, 0.5) is 0 Å². The molecule has 1 nitrogen and oxygen atoms in total. The largest absolute Gasteiger partial charge is 0.388 e. The van der Waals surface area contributed by atoms with Crippen molar-refractivity contribution in [2.75, 3.05) is 0 Å². The van der Waals surface area contributed by atoms with Crippen molar-refractivity contribution in [1.29, 1.82) is 0 Å². The van der Waals surface area contributed by atoms with Crippen LogP contribution in [0.3, 0.4) is 0 Å². The van der Waals surface area contributed by atoms with Crippen LogP contribution in [0, 0.1) is 5.92 Å². The molecule has 1 aromatic rings. The Morgan fingerprint density at radius 2 is 2.00 bits per heavy atom. The van der Waals surface area contributed by atoms with Crippen LogP contribution in [-0.2, 0) is 12.8 Å². The van der Waals surface area contributed by atoms with E-state index >= 15 is 0 Å². The molecular formula is C18H30OS. The maximum absolute atomic E-state index is 10.6. The Kier molecular flexibility index (Phi) is 6.57. The first kappa shape index (κ1) is 16.0. The van der Waals surface area contributed by atoms with Gasteiger partial charge in [-0.05, 0) is 49.7 Å². The number of rotatable bonds is 7. The topological polar surface area (TPSA) is 20.2 Å². The van der Waals surface area contributed by atoms with Crippen molar-refractivity contribution in [3.05, 3.63) is 21.4 Å². The van der Waals surface area contributed by atoms with Gasteiger partial charge in [-0.25, -0.2) is 0 Å². The number of unbranched alkanes of at least 4 members (excludes halogenated alkanes) is 1. The average Bonchev–Trinajstić information content (AvgIpc) is 2.74. The normalized spacial score (nSPS) is 18.4. The number of hydrogen-bond donors (Lipinski definition) is 1. The van der Waals surface area contributed by atoms with Crippen LogP contribution in [0.25, 0.3) is 0 Å². The van der Waals surface area contributed by atoms with Gasteiger partial charge in [0.25, 0.3) is 0 Å². The third-order valence-electron chi connectivity index (χ3n) is 4.69. The molecule has 0 amide bonds. The standard InChI is InChI=1S/C18H30OS/c1-3-5-9-14(4-2)12-16(19)18-13-15-10-7-6-8-11-17(15)20-18/h13-14,16,19H,3-12H2,1-2H3. The van der Waals surface area contributed by atoms with Crippen molar-refractivity contribution in [2.24, 2.45) is 5.92 Å². The molecule has 1 aliphatic rings. The third-order valence-corrected chi connectivity index (χ3v) is 6.03. The maximum atomic E-state index is 10.6. The molecule has 2 atom stereocenters. The number of aryl methyl sites for hydroxylation is 2. The Labute approximate surface area is 128 Å². The Hall–Kier alpha value is -0.340. The Balaban J connectivity index is 1.96. The summed E-state index contributed by atoms with van der Waals surface area (Å²) >= 11 is 1.88. The van der Waals surface area contributed by atoms with Gasteiger partial charge >= 0.3 is 0 Å². The lowest BCUT2D eigenvalue weighted by Crippen LogP contribution is -2.06. The van der Waals surface area contributed by atoms with Gasteiger partial charge in [0.05, 0.1) is 6.10 Å². The van der Waals surface area contributed by atoms with Gasteiger partial charge in [0.1, 0.15) is 0 Å². The SMILES string of the molecule is CCCCC(CC)CC(O)c1cc2c(s1)CCCCC2. The monoisotopic (exact) mass is 294 g/mol. The molecule has 0 spiro atoms. The Morgan fingerprint density at radius 1 is 1.20 bits per heavy atom. The Morgan fingerprint density at radius 3 is 2.75 bits per heavy atom. The van der Waals surface area contributed by atoms with E-state index in [9.17, 15) is 5.11 Å². The summed E-state index contributed by atoms with van der Waals surface area (Å²) in [7, 11) is 0. The van der Waals surface area contributed by atoms with Crippen molar-refractivity contribution in [3.8, 4) is 0 Å². The fraction of sp³-hybridized carbons (Fsp3) is 0.778. The van der Waals surface area contributed by atoms with E-state index in [1.54, 1.807) is 4.88 Å². The van der Waals surface area contributed by atoms with E-state index in [4.69, 9.17) is 0 Å². The van der Waals surface area contributed by atoms with E-state index in [0.717, 1.165) is 6.42 Å². The molecule has 1 heterocycles. The number of aliphatic hydroxyl groups excluding tert-OH is 1. The summed E-state index contributed by atoms with van der Waals surface area (Å²) in [5.74, 6) is 0.687. The molecule has 0 saturated carbocycles. The summed E-state index contributed by atoms with van der Waals surface area (Å²) in [6.45, 7) is 4.51. The molecule has 0 fully saturated rings. The van der Waals surface area contributed by atoms with Crippen molar-refractivity contribution in [2.45, 2.75) is 84.2 Å². The number of thiophene rings is 1. The van der Waals surface area contributed by atoms with Gasteiger partial charge < -0.3 is 5.11 Å². The van der Waals surface area contributed by atoms with Crippen LogP contribution in [0.2, 0.25) is 0 Å². The fourth-order valence-corrected chi connectivity index (χ4v) is 4.52. The molecule has 1 aliphatic carbocycles. The van der Waals surface area contributed by atoms with Crippen molar-refractivity contribution in [1.82, 2.24) is 0 Å². The smallest absolute Gasteiger partial charge is 0.0884 e. The lowest BCUT2D eigenvalue weighted by atomic mass is 9.92. The molecule has 0 radical (unpaired) electrons. The van der Waals surface area contributed by atoms with Crippen molar-refractivity contribution >= 4 is 11.3 Å². The summed E-state index contributed by atoms with van der Waals surface area (Å²) in [6.07, 6.45) is 12.2. The van der Waals surface area contributed by atoms with Gasteiger partial charge in [-0.1, -0.05) is 46.0 Å². The van der Waals surface area contributed by atoms with E-state index < -0.39 is 0 Å². The van der Waals surface area contributed by atoms with Crippen LogP contribution >= 0.6 is 11.3 Å². The lowest BCUT2D eigenvalue weighted by Gasteiger charge is -2.18. The number of fused-ring (bicyclic) bond motifs is 1. The van der Waals surface area contributed by atoms with E-state index in [1.165, 1.54) is 68.2 Å². The zero-order valence-corrected chi connectivity index (χ0v) is 14.0. The van der Waals surface area contributed by atoms with Gasteiger partial charge in [-0.15, -0.1) is 11.3 Å². The van der Waals surface area contributed by atoms with E-state index in [2.05, 4.69) is 19.9 Å². The molecule has 2 rings (SSSR count). The molecule has 2 heteroatoms. The highest BCUT2D eigenvalue weighted by molar-refractivity contribution is 7.12. The molecule has 114 valence electrons. The van der Waals surface area contributed by atoms with Gasteiger partial charge in [-0.2, -0.15) is 0 Å². The predicted octanol–water partition coefficient (Wildman–Crippen LogP) is 5.66. The van der Waals surface area contributed by atoms with E-state index in [1.807, 2.05) is 11.3 Å². The Bertz CT molecular complexity index is 373. The first-order valence-corrected chi connectivity index (χ1v) is 9.35. The summed E-state index contributed by atoms with van der Waals surface area (Å²) in [5, 5.41) is 10.6. The average molecular weight is 295 g/mol. The first-order chi connectivity index (χ1) is 9.74. The van der Waals surface area contributed by atoms with Crippen LogP contribution in [0.5, 0.6) is 0 Å². The molecule has 20 heavy (non-hydrogen) atoms.